The maximum Gasteiger partial charge on any atom is 0.267 e. The highest BCUT2D eigenvalue weighted by Gasteiger charge is 2.17. The Morgan fingerprint density at radius 3 is 2.67 bits per heavy atom. The molecule has 0 radical (unpaired) electrons. The first kappa shape index (κ1) is 15.4. The van der Waals surface area contributed by atoms with Gasteiger partial charge in [0.1, 0.15) is 5.69 Å². The molecule has 0 aliphatic carbocycles. The summed E-state index contributed by atoms with van der Waals surface area (Å²) in [7, 11) is 0. The number of carbonyl (C=O) groups excluding carboxylic acids is 2. The van der Waals surface area contributed by atoms with Crippen LogP contribution in [0.3, 0.4) is 0 Å². The van der Waals surface area contributed by atoms with E-state index in [-0.39, 0.29) is 11.8 Å². The SMILES string of the molecule is CCn1cc(N)cc1C(=O)NCCC(=O)N1CCCCC1. The van der Waals surface area contributed by atoms with Crippen molar-refractivity contribution >= 4 is 17.5 Å². The lowest BCUT2D eigenvalue weighted by molar-refractivity contribution is -0.131. The van der Waals surface area contributed by atoms with Crippen molar-refractivity contribution in [1.82, 2.24) is 14.8 Å². The van der Waals surface area contributed by atoms with Gasteiger partial charge in [0.15, 0.2) is 0 Å². The molecule has 21 heavy (non-hydrogen) atoms. The molecule has 0 spiro atoms. The van der Waals surface area contributed by atoms with Crippen LogP contribution in [-0.4, -0.2) is 40.9 Å². The Kier molecular flexibility index (Phi) is 5.25. The van der Waals surface area contributed by atoms with Gasteiger partial charge in [-0.15, -0.1) is 0 Å². The van der Waals surface area contributed by atoms with Crippen molar-refractivity contribution in [2.75, 3.05) is 25.4 Å². The van der Waals surface area contributed by atoms with E-state index in [9.17, 15) is 9.59 Å². The molecule has 0 unspecified atom stereocenters. The van der Waals surface area contributed by atoms with Crippen LogP contribution in [0.5, 0.6) is 0 Å². The van der Waals surface area contributed by atoms with E-state index in [4.69, 9.17) is 5.73 Å². The maximum absolute atomic E-state index is 12.1. The van der Waals surface area contributed by atoms with Crippen molar-refractivity contribution in [3.8, 4) is 0 Å². The fourth-order valence-corrected chi connectivity index (χ4v) is 2.66. The molecule has 1 aromatic heterocycles. The number of likely N-dealkylation sites (tertiary alicyclic amines) is 1. The molecule has 6 heteroatoms. The molecule has 3 N–H and O–H groups in total. The topological polar surface area (TPSA) is 80.4 Å². The number of aromatic nitrogens is 1. The Hall–Kier alpha value is -1.98. The molecule has 0 bridgehead atoms. The molecule has 2 amide bonds. The van der Waals surface area contributed by atoms with Crippen LogP contribution >= 0.6 is 0 Å². The number of nitrogen functional groups attached to an aromatic ring is 1. The van der Waals surface area contributed by atoms with Gasteiger partial charge in [0, 0.05) is 38.8 Å². The van der Waals surface area contributed by atoms with Crippen molar-refractivity contribution in [1.29, 1.82) is 0 Å². The number of hydrogen-bond acceptors (Lipinski definition) is 3. The second-order valence-electron chi connectivity index (χ2n) is 5.39. The molecule has 6 nitrogen and oxygen atoms in total. The zero-order chi connectivity index (χ0) is 15.2. The lowest BCUT2D eigenvalue weighted by atomic mass is 10.1. The van der Waals surface area contributed by atoms with E-state index in [0.717, 1.165) is 25.9 Å². The van der Waals surface area contributed by atoms with E-state index >= 15 is 0 Å². The third-order valence-corrected chi connectivity index (χ3v) is 3.82. The highest BCUT2D eigenvalue weighted by Crippen LogP contribution is 2.11. The van der Waals surface area contributed by atoms with Gasteiger partial charge in [0.05, 0.1) is 5.69 Å². The summed E-state index contributed by atoms with van der Waals surface area (Å²) in [6.07, 6.45) is 5.47. The van der Waals surface area contributed by atoms with E-state index in [1.165, 1.54) is 6.42 Å². The summed E-state index contributed by atoms with van der Waals surface area (Å²) in [6, 6.07) is 1.66. The number of nitrogens with two attached hydrogens (primary N) is 1. The molecule has 2 heterocycles. The van der Waals surface area contributed by atoms with Crippen molar-refractivity contribution < 1.29 is 9.59 Å². The number of piperidine rings is 1. The van der Waals surface area contributed by atoms with Crippen LogP contribution < -0.4 is 11.1 Å². The first-order valence-electron chi connectivity index (χ1n) is 7.63. The Bertz CT molecular complexity index is 504. The predicted molar refractivity (Wildman–Crippen MR) is 81.9 cm³/mol. The van der Waals surface area contributed by atoms with Crippen molar-refractivity contribution in [2.45, 2.75) is 39.2 Å². The summed E-state index contributed by atoms with van der Waals surface area (Å²) in [4.78, 5) is 26.0. The second kappa shape index (κ2) is 7.15. The monoisotopic (exact) mass is 292 g/mol. The smallest absolute Gasteiger partial charge is 0.267 e. The molecule has 1 aliphatic heterocycles. The Morgan fingerprint density at radius 2 is 2.00 bits per heavy atom. The van der Waals surface area contributed by atoms with Crippen molar-refractivity contribution in [3.63, 3.8) is 0 Å². The summed E-state index contributed by atoms with van der Waals surface area (Å²) < 4.78 is 1.80. The van der Waals surface area contributed by atoms with Gasteiger partial charge >= 0.3 is 0 Å². The predicted octanol–water partition coefficient (Wildman–Crippen LogP) is 1.22. The number of hydrogen-bond donors (Lipinski definition) is 2. The van der Waals surface area contributed by atoms with E-state index in [1.807, 2.05) is 11.8 Å². The summed E-state index contributed by atoms with van der Waals surface area (Å²) in [5.74, 6) is -0.0552. The van der Waals surface area contributed by atoms with Gasteiger partial charge in [-0.3, -0.25) is 9.59 Å². The van der Waals surface area contributed by atoms with Crippen LogP contribution in [0.4, 0.5) is 5.69 Å². The molecule has 2 rings (SSSR count). The number of rotatable bonds is 5. The van der Waals surface area contributed by atoms with Crippen LogP contribution in [-0.2, 0) is 11.3 Å². The number of aryl methyl sites for hydroxylation is 1. The lowest BCUT2D eigenvalue weighted by Gasteiger charge is -2.26. The van der Waals surface area contributed by atoms with Crippen LogP contribution in [0.15, 0.2) is 12.3 Å². The van der Waals surface area contributed by atoms with Gasteiger partial charge in [-0.2, -0.15) is 0 Å². The van der Waals surface area contributed by atoms with Crippen LogP contribution in [0.1, 0.15) is 43.1 Å². The van der Waals surface area contributed by atoms with E-state index < -0.39 is 0 Å². The molecule has 0 aromatic carbocycles. The van der Waals surface area contributed by atoms with Crippen LogP contribution in [0.25, 0.3) is 0 Å². The Morgan fingerprint density at radius 1 is 1.29 bits per heavy atom. The Balaban J connectivity index is 1.79. The minimum absolute atomic E-state index is 0.125. The van der Waals surface area contributed by atoms with Crippen LogP contribution in [0.2, 0.25) is 0 Å². The molecule has 0 atom stereocenters. The fourth-order valence-electron chi connectivity index (χ4n) is 2.66. The zero-order valence-electron chi connectivity index (χ0n) is 12.6. The standard InChI is InChI=1S/C15H24N4O2/c1-2-18-11-12(16)10-13(18)15(21)17-7-6-14(20)19-8-4-3-5-9-19/h10-11H,2-9,16H2,1H3,(H,17,21). The first-order valence-corrected chi connectivity index (χ1v) is 7.63. The van der Waals surface area contributed by atoms with E-state index in [1.54, 1.807) is 16.8 Å². The van der Waals surface area contributed by atoms with Gasteiger partial charge in [-0.05, 0) is 32.3 Å². The van der Waals surface area contributed by atoms with Crippen molar-refractivity contribution in [3.05, 3.63) is 18.0 Å². The number of anilines is 1. The minimum Gasteiger partial charge on any atom is -0.397 e. The van der Waals surface area contributed by atoms with Gasteiger partial charge in [-0.25, -0.2) is 0 Å². The third-order valence-electron chi connectivity index (χ3n) is 3.82. The number of carbonyl (C=O) groups is 2. The largest absolute Gasteiger partial charge is 0.397 e. The minimum atomic E-state index is -0.181. The molecule has 1 aliphatic rings. The number of nitrogens with zero attached hydrogens (tertiary/aromatic N) is 2. The van der Waals surface area contributed by atoms with Crippen LogP contribution in [0, 0.1) is 0 Å². The van der Waals surface area contributed by atoms with E-state index in [2.05, 4.69) is 5.32 Å². The second-order valence-corrected chi connectivity index (χ2v) is 5.39. The molecular formula is C15H24N4O2. The highest BCUT2D eigenvalue weighted by atomic mass is 16.2. The normalized spacial score (nSPS) is 15.0. The highest BCUT2D eigenvalue weighted by molar-refractivity contribution is 5.94. The van der Waals surface area contributed by atoms with Gasteiger partial charge in [0.25, 0.3) is 5.91 Å². The fraction of sp³-hybridized carbons (Fsp3) is 0.600. The van der Waals surface area contributed by atoms with E-state index in [0.29, 0.717) is 30.9 Å². The first-order chi connectivity index (χ1) is 10.1. The third kappa shape index (κ3) is 4.00. The maximum atomic E-state index is 12.1. The average Bonchev–Trinajstić information content (AvgIpc) is 2.89. The molecular weight excluding hydrogens is 268 g/mol. The molecule has 0 saturated carbocycles. The lowest BCUT2D eigenvalue weighted by Crippen LogP contribution is -2.38. The quantitative estimate of drug-likeness (QED) is 0.856. The summed E-state index contributed by atoms with van der Waals surface area (Å²) in [6.45, 7) is 4.70. The summed E-state index contributed by atoms with van der Waals surface area (Å²) in [5, 5.41) is 2.79. The molecule has 1 saturated heterocycles. The Labute approximate surface area is 125 Å². The molecule has 116 valence electrons. The zero-order valence-corrected chi connectivity index (χ0v) is 12.6. The molecule has 1 fully saturated rings. The van der Waals surface area contributed by atoms with Gasteiger partial charge in [-0.1, -0.05) is 0 Å². The number of amides is 2. The van der Waals surface area contributed by atoms with Crippen molar-refractivity contribution in [2.24, 2.45) is 0 Å². The van der Waals surface area contributed by atoms with Gasteiger partial charge < -0.3 is 20.5 Å². The van der Waals surface area contributed by atoms with Gasteiger partial charge in [0.2, 0.25) is 5.91 Å². The molecule has 1 aromatic rings. The summed E-state index contributed by atoms with van der Waals surface area (Å²) in [5.41, 5.74) is 6.82. The summed E-state index contributed by atoms with van der Waals surface area (Å²) >= 11 is 0. The average molecular weight is 292 g/mol. The number of nitrogens with one attached hydrogen (secondary N) is 1.